The van der Waals surface area contributed by atoms with E-state index in [1.54, 1.807) is 49.8 Å². The zero-order valence-electron chi connectivity index (χ0n) is 16.8. The number of aryl methyl sites for hydroxylation is 1. The predicted octanol–water partition coefficient (Wildman–Crippen LogP) is 3.73. The molecule has 0 saturated heterocycles. The summed E-state index contributed by atoms with van der Waals surface area (Å²) >= 11 is 0. The Morgan fingerprint density at radius 3 is 2.34 bits per heavy atom. The normalized spacial score (nSPS) is 10.5. The van der Waals surface area contributed by atoms with Crippen molar-refractivity contribution in [1.82, 2.24) is 15.0 Å². The van der Waals surface area contributed by atoms with Crippen molar-refractivity contribution in [3.05, 3.63) is 65.5 Å². The molecule has 1 aromatic heterocycles. The second kappa shape index (κ2) is 8.55. The van der Waals surface area contributed by atoms with Gasteiger partial charge in [-0.15, -0.1) is 5.10 Å². The van der Waals surface area contributed by atoms with Crippen LogP contribution in [0.15, 0.2) is 48.5 Å². The van der Waals surface area contributed by atoms with Gasteiger partial charge >= 0.3 is 6.09 Å². The molecule has 8 nitrogen and oxygen atoms in total. The molecular formula is C21H23N5O3. The van der Waals surface area contributed by atoms with E-state index in [1.165, 1.54) is 4.90 Å². The maximum Gasteiger partial charge on any atom is 0.413 e. The number of aromatic nitrogens is 3. The number of anilines is 2. The first-order valence-corrected chi connectivity index (χ1v) is 9.22. The van der Waals surface area contributed by atoms with Gasteiger partial charge in [0.1, 0.15) is 0 Å². The Morgan fingerprint density at radius 2 is 1.72 bits per heavy atom. The van der Waals surface area contributed by atoms with Gasteiger partial charge in [-0.2, -0.15) is 0 Å². The Kier molecular flexibility index (Phi) is 5.92. The van der Waals surface area contributed by atoms with Crippen molar-refractivity contribution in [2.24, 2.45) is 0 Å². The van der Waals surface area contributed by atoms with Gasteiger partial charge in [0.05, 0.1) is 18.0 Å². The van der Waals surface area contributed by atoms with E-state index in [0.717, 1.165) is 11.3 Å². The van der Waals surface area contributed by atoms with Crippen LogP contribution in [0.5, 0.6) is 0 Å². The van der Waals surface area contributed by atoms with Crippen LogP contribution < -0.4 is 10.2 Å². The highest BCUT2D eigenvalue weighted by Crippen LogP contribution is 2.19. The molecule has 0 bridgehead atoms. The number of amides is 2. The predicted molar refractivity (Wildman–Crippen MR) is 111 cm³/mol. The minimum absolute atomic E-state index is 0.248. The first-order chi connectivity index (χ1) is 13.9. The summed E-state index contributed by atoms with van der Waals surface area (Å²) in [5, 5.41) is 10.9. The van der Waals surface area contributed by atoms with Crippen LogP contribution in [0.2, 0.25) is 0 Å². The highest BCUT2D eigenvalue weighted by molar-refractivity contribution is 6.03. The number of hydrogen-bond donors (Lipinski definition) is 1. The Balaban J connectivity index is 1.72. The molecule has 0 fully saturated rings. The van der Waals surface area contributed by atoms with Crippen LogP contribution in [-0.4, -0.2) is 40.6 Å². The highest BCUT2D eigenvalue weighted by Gasteiger charge is 2.18. The molecule has 150 valence electrons. The van der Waals surface area contributed by atoms with Crippen LogP contribution in [0.1, 0.15) is 28.7 Å². The number of benzene rings is 2. The average molecular weight is 393 g/mol. The lowest BCUT2D eigenvalue weighted by molar-refractivity contribution is 0.102. The number of hydrogen-bond acceptors (Lipinski definition) is 5. The van der Waals surface area contributed by atoms with Gasteiger partial charge in [-0.1, -0.05) is 22.9 Å². The molecule has 0 spiro atoms. The summed E-state index contributed by atoms with van der Waals surface area (Å²) in [6.07, 6.45) is -0.437. The molecule has 0 atom stereocenters. The molecule has 29 heavy (non-hydrogen) atoms. The molecule has 3 rings (SSSR count). The van der Waals surface area contributed by atoms with E-state index in [0.29, 0.717) is 23.7 Å². The molecule has 3 aromatic rings. The highest BCUT2D eigenvalue weighted by atomic mass is 16.6. The fourth-order valence-electron chi connectivity index (χ4n) is 2.75. The number of carbonyl (C=O) groups is 2. The molecule has 0 unspecified atom stereocenters. The lowest BCUT2D eigenvalue weighted by atomic mass is 10.2. The molecule has 0 aliphatic rings. The topological polar surface area (TPSA) is 89.3 Å². The third-order valence-electron chi connectivity index (χ3n) is 4.44. The summed E-state index contributed by atoms with van der Waals surface area (Å²) < 4.78 is 6.60. The van der Waals surface area contributed by atoms with Gasteiger partial charge in [0, 0.05) is 18.4 Å². The van der Waals surface area contributed by atoms with Crippen molar-refractivity contribution in [2.75, 3.05) is 23.9 Å². The van der Waals surface area contributed by atoms with Crippen LogP contribution in [0.3, 0.4) is 0 Å². The standard InChI is InChI=1S/C21H23N5O3/c1-5-29-21(28)25(4)17-12-8-16(9-13-17)22-20(27)19-15(3)26(24-23-19)18-10-6-14(2)7-11-18/h6-13H,5H2,1-4H3,(H,22,27). The zero-order chi connectivity index (χ0) is 21.0. The van der Waals surface area contributed by atoms with Gasteiger partial charge in [-0.25, -0.2) is 9.48 Å². The Labute approximate surface area is 169 Å². The van der Waals surface area contributed by atoms with Crippen molar-refractivity contribution in [3.8, 4) is 5.69 Å². The van der Waals surface area contributed by atoms with E-state index in [4.69, 9.17) is 4.74 Å². The largest absolute Gasteiger partial charge is 0.449 e. The van der Waals surface area contributed by atoms with E-state index >= 15 is 0 Å². The lowest BCUT2D eigenvalue weighted by Gasteiger charge is -2.16. The molecule has 0 aliphatic heterocycles. The second-order valence-corrected chi connectivity index (χ2v) is 6.53. The van der Waals surface area contributed by atoms with Crippen LogP contribution in [0.4, 0.5) is 16.2 Å². The SMILES string of the molecule is CCOC(=O)N(C)c1ccc(NC(=O)c2nnn(-c3ccc(C)cc3)c2C)cc1. The fourth-order valence-corrected chi connectivity index (χ4v) is 2.75. The maximum absolute atomic E-state index is 12.6. The minimum Gasteiger partial charge on any atom is -0.449 e. The minimum atomic E-state index is -0.437. The zero-order valence-corrected chi connectivity index (χ0v) is 16.8. The number of carbonyl (C=O) groups excluding carboxylic acids is 2. The summed E-state index contributed by atoms with van der Waals surface area (Å²) in [6, 6.07) is 14.7. The van der Waals surface area contributed by atoms with Gasteiger partial charge in [-0.3, -0.25) is 9.69 Å². The van der Waals surface area contributed by atoms with Gasteiger partial charge < -0.3 is 10.1 Å². The van der Waals surface area contributed by atoms with Gasteiger partial charge in [-0.05, 0) is 57.2 Å². The Hall–Kier alpha value is -3.68. The first kappa shape index (κ1) is 20.1. The van der Waals surface area contributed by atoms with Crippen molar-refractivity contribution in [3.63, 3.8) is 0 Å². The van der Waals surface area contributed by atoms with Crippen LogP contribution in [0.25, 0.3) is 5.69 Å². The first-order valence-electron chi connectivity index (χ1n) is 9.22. The van der Waals surface area contributed by atoms with Crippen molar-refractivity contribution in [1.29, 1.82) is 0 Å². The molecule has 1 heterocycles. The van der Waals surface area contributed by atoms with Crippen molar-refractivity contribution >= 4 is 23.4 Å². The van der Waals surface area contributed by atoms with E-state index in [1.807, 2.05) is 31.2 Å². The van der Waals surface area contributed by atoms with Crippen LogP contribution >= 0.6 is 0 Å². The number of nitrogens with zero attached hydrogens (tertiary/aromatic N) is 4. The average Bonchev–Trinajstić information content (AvgIpc) is 3.10. The van der Waals surface area contributed by atoms with E-state index in [9.17, 15) is 9.59 Å². The molecule has 0 saturated carbocycles. The Bertz CT molecular complexity index is 1010. The van der Waals surface area contributed by atoms with E-state index in [2.05, 4.69) is 15.6 Å². The summed E-state index contributed by atoms with van der Waals surface area (Å²) in [4.78, 5) is 25.8. The Morgan fingerprint density at radius 1 is 1.07 bits per heavy atom. The van der Waals surface area contributed by atoms with Gasteiger partial charge in [0.25, 0.3) is 5.91 Å². The second-order valence-electron chi connectivity index (χ2n) is 6.53. The molecule has 1 N–H and O–H groups in total. The molecule has 2 aromatic carbocycles. The third-order valence-corrected chi connectivity index (χ3v) is 4.44. The summed E-state index contributed by atoms with van der Waals surface area (Å²) in [6.45, 7) is 5.86. The van der Waals surface area contributed by atoms with E-state index < -0.39 is 6.09 Å². The molecule has 8 heteroatoms. The van der Waals surface area contributed by atoms with Gasteiger partial charge in [0.2, 0.25) is 0 Å². The smallest absolute Gasteiger partial charge is 0.413 e. The monoisotopic (exact) mass is 393 g/mol. The van der Waals surface area contributed by atoms with Gasteiger partial charge in [0.15, 0.2) is 5.69 Å². The molecule has 0 radical (unpaired) electrons. The molecular weight excluding hydrogens is 370 g/mol. The van der Waals surface area contributed by atoms with Crippen LogP contribution in [-0.2, 0) is 4.74 Å². The van der Waals surface area contributed by atoms with Crippen molar-refractivity contribution < 1.29 is 14.3 Å². The summed E-state index contributed by atoms with van der Waals surface area (Å²) in [5.74, 6) is -0.354. The van der Waals surface area contributed by atoms with E-state index in [-0.39, 0.29) is 11.6 Å². The lowest BCUT2D eigenvalue weighted by Crippen LogP contribution is -2.26. The molecule has 2 amide bonds. The van der Waals surface area contributed by atoms with Crippen molar-refractivity contribution in [2.45, 2.75) is 20.8 Å². The maximum atomic E-state index is 12.6. The summed E-state index contributed by atoms with van der Waals surface area (Å²) in [7, 11) is 1.62. The third kappa shape index (κ3) is 4.43. The quantitative estimate of drug-likeness (QED) is 0.713. The number of rotatable bonds is 5. The number of ether oxygens (including phenoxy) is 1. The number of nitrogens with one attached hydrogen (secondary N) is 1. The fraction of sp³-hybridized carbons (Fsp3) is 0.238. The molecule has 0 aliphatic carbocycles. The van der Waals surface area contributed by atoms with Crippen LogP contribution in [0, 0.1) is 13.8 Å². The summed E-state index contributed by atoms with van der Waals surface area (Å²) in [5.41, 5.74) is 4.11.